The summed E-state index contributed by atoms with van der Waals surface area (Å²) in [6.45, 7) is 0. The Labute approximate surface area is 112 Å². The van der Waals surface area contributed by atoms with Crippen LogP contribution in [-0.2, 0) is 15.3 Å². The van der Waals surface area contributed by atoms with Gasteiger partial charge in [0.05, 0.1) is 14.2 Å². The molecule has 2 N–H and O–H groups in total. The lowest BCUT2D eigenvalue weighted by Crippen LogP contribution is -2.31. The molecule has 0 aliphatic heterocycles. The van der Waals surface area contributed by atoms with Crippen LogP contribution in [-0.4, -0.2) is 32.0 Å². The number of carbonyl (C=O) groups excluding carboxylic acids is 1. The van der Waals surface area contributed by atoms with E-state index in [1.165, 1.54) is 7.11 Å². The number of nitrogens with two attached hydrogens (primary N) is 1. The van der Waals surface area contributed by atoms with Crippen LogP contribution in [0.1, 0.15) is 12.0 Å². The summed E-state index contributed by atoms with van der Waals surface area (Å²) >= 11 is 1.72. The number of hydrogen-bond acceptors (Lipinski definition) is 5. The van der Waals surface area contributed by atoms with Crippen molar-refractivity contribution in [2.75, 3.05) is 20.0 Å². The van der Waals surface area contributed by atoms with Gasteiger partial charge in [0.1, 0.15) is 11.8 Å². The highest BCUT2D eigenvalue weighted by Crippen LogP contribution is 2.23. The van der Waals surface area contributed by atoms with Gasteiger partial charge < -0.3 is 15.2 Å². The first-order chi connectivity index (χ1) is 8.69. The zero-order valence-corrected chi connectivity index (χ0v) is 11.5. The van der Waals surface area contributed by atoms with Crippen LogP contribution in [0.4, 0.5) is 0 Å². The number of hydrogen-bond donors (Lipinski definition) is 1. The fourth-order valence-electron chi connectivity index (χ4n) is 1.48. The van der Waals surface area contributed by atoms with Crippen LogP contribution in [0.3, 0.4) is 0 Å². The van der Waals surface area contributed by atoms with E-state index in [4.69, 9.17) is 10.5 Å². The van der Waals surface area contributed by atoms with Gasteiger partial charge in [-0.25, -0.2) is 0 Å². The molecule has 100 valence electrons. The lowest BCUT2D eigenvalue weighted by Gasteiger charge is -2.10. The van der Waals surface area contributed by atoms with E-state index in [2.05, 4.69) is 4.74 Å². The lowest BCUT2D eigenvalue weighted by atomic mass is 10.2. The van der Waals surface area contributed by atoms with Crippen LogP contribution in [0.5, 0.6) is 5.75 Å². The summed E-state index contributed by atoms with van der Waals surface area (Å²) in [4.78, 5) is 11.1. The Morgan fingerprint density at radius 2 is 2.11 bits per heavy atom. The number of thioether (sulfide) groups is 1. The summed E-state index contributed by atoms with van der Waals surface area (Å²) in [6.07, 6.45) is 0.618. The van der Waals surface area contributed by atoms with Crippen molar-refractivity contribution in [2.24, 2.45) is 5.73 Å². The van der Waals surface area contributed by atoms with Gasteiger partial charge >= 0.3 is 5.97 Å². The molecule has 1 atom stereocenters. The van der Waals surface area contributed by atoms with Crippen LogP contribution in [0, 0.1) is 0 Å². The Kier molecular flexibility index (Phi) is 6.60. The maximum Gasteiger partial charge on any atom is 0.322 e. The van der Waals surface area contributed by atoms with E-state index in [-0.39, 0.29) is 5.97 Å². The minimum absolute atomic E-state index is 0.354. The quantitative estimate of drug-likeness (QED) is 0.604. The van der Waals surface area contributed by atoms with Crippen LogP contribution in [0.2, 0.25) is 0 Å². The third kappa shape index (κ3) is 4.58. The number of carbonyl (C=O) groups is 1. The molecule has 0 fully saturated rings. The Bertz CT molecular complexity index is 384. The largest absolute Gasteiger partial charge is 0.496 e. The van der Waals surface area contributed by atoms with Gasteiger partial charge in [-0.05, 0) is 18.2 Å². The Balaban J connectivity index is 2.31. The number of benzene rings is 1. The highest BCUT2D eigenvalue weighted by atomic mass is 32.2. The molecule has 0 heterocycles. The average Bonchev–Trinajstić information content (AvgIpc) is 2.42. The second-order valence-electron chi connectivity index (χ2n) is 3.78. The zero-order chi connectivity index (χ0) is 13.4. The van der Waals surface area contributed by atoms with Gasteiger partial charge in [-0.3, -0.25) is 4.79 Å². The lowest BCUT2D eigenvalue weighted by molar-refractivity contribution is -0.142. The molecule has 0 aromatic heterocycles. The van der Waals surface area contributed by atoms with Gasteiger partial charge in [-0.1, -0.05) is 18.2 Å². The summed E-state index contributed by atoms with van der Waals surface area (Å²) in [5.74, 6) is 2.20. The van der Waals surface area contributed by atoms with E-state index in [1.807, 2.05) is 24.3 Å². The molecule has 5 heteroatoms. The molecule has 0 amide bonds. The molecule has 0 saturated carbocycles. The third-order valence-corrected chi connectivity index (χ3v) is 3.57. The van der Waals surface area contributed by atoms with Crippen LogP contribution < -0.4 is 10.5 Å². The van der Waals surface area contributed by atoms with E-state index in [1.54, 1.807) is 18.9 Å². The number of esters is 1. The molecule has 0 saturated heterocycles. The summed E-state index contributed by atoms with van der Waals surface area (Å²) in [5, 5.41) is 0. The van der Waals surface area contributed by atoms with Gasteiger partial charge in [0, 0.05) is 11.3 Å². The van der Waals surface area contributed by atoms with Crippen molar-refractivity contribution in [3.05, 3.63) is 29.8 Å². The molecule has 1 aromatic rings. The molecule has 0 radical (unpaired) electrons. The monoisotopic (exact) mass is 269 g/mol. The fourth-order valence-corrected chi connectivity index (χ4v) is 2.51. The Hall–Kier alpha value is -1.20. The van der Waals surface area contributed by atoms with E-state index in [9.17, 15) is 4.79 Å². The van der Waals surface area contributed by atoms with Gasteiger partial charge in [-0.2, -0.15) is 11.8 Å². The smallest absolute Gasteiger partial charge is 0.322 e. The minimum atomic E-state index is -0.528. The zero-order valence-electron chi connectivity index (χ0n) is 10.7. The second-order valence-corrected chi connectivity index (χ2v) is 4.89. The van der Waals surface area contributed by atoms with Crippen LogP contribution in [0.15, 0.2) is 24.3 Å². The van der Waals surface area contributed by atoms with Crippen LogP contribution in [0.25, 0.3) is 0 Å². The van der Waals surface area contributed by atoms with Crippen molar-refractivity contribution < 1.29 is 14.3 Å². The first-order valence-corrected chi connectivity index (χ1v) is 6.87. The van der Waals surface area contributed by atoms with Crippen molar-refractivity contribution in [2.45, 2.75) is 18.2 Å². The topological polar surface area (TPSA) is 61.5 Å². The minimum Gasteiger partial charge on any atom is -0.496 e. The Morgan fingerprint density at radius 3 is 2.78 bits per heavy atom. The highest BCUT2D eigenvalue weighted by Gasteiger charge is 2.12. The number of para-hydroxylation sites is 1. The molecule has 1 rings (SSSR count). The molecule has 0 aliphatic rings. The van der Waals surface area contributed by atoms with Crippen molar-refractivity contribution in [3.8, 4) is 5.75 Å². The van der Waals surface area contributed by atoms with Crippen molar-refractivity contribution >= 4 is 17.7 Å². The number of rotatable bonds is 7. The molecular formula is C13H19NO3S. The first kappa shape index (κ1) is 14.9. The van der Waals surface area contributed by atoms with E-state index < -0.39 is 6.04 Å². The van der Waals surface area contributed by atoms with Gasteiger partial charge in [-0.15, -0.1) is 0 Å². The fraction of sp³-hybridized carbons (Fsp3) is 0.462. The predicted octanol–water partition coefficient (Wildman–Crippen LogP) is 1.82. The van der Waals surface area contributed by atoms with Crippen molar-refractivity contribution in [1.82, 2.24) is 0 Å². The standard InChI is InChI=1S/C13H19NO3S/c1-16-12-6-4-3-5-10(12)9-18-8-7-11(14)13(15)17-2/h3-6,11H,7-9,14H2,1-2H3. The van der Waals surface area contributed by atoms with Gasteiger partial charge in [0.15, 0.2) is 0 Å². The number of methoxy groups -OCH3 is 2. The average molecular weight is 269 g/mol. The summed E-state index contributed by atoms with van der Waals surface area (Å²) < 4.78 is 9.84. The third-order valence-electron chi connectivity index (χ3n) is 2.53. The van der Waals surface area contributed by atoms with E-state index >= 15 is 0 Å². The van der Waals surface area contributed by atoms with Crippen LogP contribution >= 0.6 is 11.8 Å². The van der Waals surface area contributed by atoms with Crippen molar-refractivity contribution in [3.63, 3.8) is 0 Å². The van der Waals surface area contributed by atoms with Gasteiger partial charge in [0.2, 0.25) is 0 Å². The Morgan fingerprint density at radius 1 is 1.39 bits per heavy atom. The van der Waals surface area contributed by atoms with E-state index in [0.29, 0.717) is 6.42 Å². The molecule has 1 unspecified atom stereocenters. The summed E-state index contributed by atoms with van der Waals surface area (Å²) in [5.41, 5.74) is 6.80. The molecule has 0 spiro atoms. The summed E-state index contributed by atoms with van der Waals surface area (Å²) in [6, 6.07) is 7.38. The molecule has 0 aliphatic carbocycles. The molecule has 4 nitrogen and oxygen atoms in total. The van der Waals surface area contributed by atoms with E-state index in [0.717, 1.165) is 22.8 Å². The first-order valence-electron chi connectivity index (χ1n) is 5.72. The predicted molar refractivity (Wildman–Crippen MR) is 73.8 cm³/mol. The second kappa shape index (κ2) is 8.00. The number of ether oxygens (including phenoxy) is 2. The van der Waals surface area contributed by atoms with Crippen molar-refractivity contribution in [1.29, 1.82) is 0 Å². The van der Waals surface area contributed by atoms with Gasteiger partial charge in [0.25, 0.3) is 0 Å². The molecule has 0 bridgehead atoms. The normalized spacial score (nSPS) is 11.9. The summed E-state index contributed by atoms with van der Waals surface area (Å²) in [7, 11) is 3.01. The molecule has 18 heavy (non-hydrogen) atoms. The molecular weight excluding hydrogens is 250 g/mol. The SMILES string of the molecule is COC(=O)C(N)CCSCc1ccccc1OC. The molecule has 1 aromatic carbocycles. The highest BCUT2D eigenvalue weighted by molar-refractivity contribution is 7.98. The maximum absolute atomic E-state index is 11.1. The maximum atomic E-state index is 11.1.